The van der Waals surface area contributed by atoms with Crippen molar-refractivity contribution in [2.75, 3.05) is 7.11 Å². The molecule has 2 N–H and O–H groups in total. The number of halogens is 8. The van der Waals surface area contributed by atoms with Crippen molar-refractivity contribution in [3.8, 4) is 46.4 Å². The van der Waals surface area contributed by atoms with Crippen LogP contribution in [0.15, 0.2) is 147 Å². The van der Waals surface area contributed by atoms with Crippen LogP contribution >= 0.6 is 23.2 Å². The number of benzene rings is 4. The summed E-state index contributed by atoms with van der Waals surface area (Å²) in [6.07, 6.45) is -7.57. The number of methoxy groups -OCH3 is 1. The average Bonchev–Trinajstić information content (AvgIpc) is 3.34. The summed E-state index contributed by atoms with van der Waals surface area (Å²) in [6, 6.07) is 30.3. The molecule has 7 aromatic rings. The number of rotatable bonds is 11. The number of nitrogens with one attached hydrogen (secondary N) is 2. The zero-order chi connectivity index (χ0) is 51.0. The zero-order valence-electron chi connectivity index (χ0n) is 36.1. The van der Waals surface area contributed by atoms with Gasteiger partial charge in [0, 0.05) is 39.4 Å². The molecule has 0 saturated heterocycles. The van der Waals surface area contributed by atoms with Crippen LogP contribution in [-0.2, 0) is 30.2 Å². The maximum atomic E-state index is 13.7. The Kier molecular flexibility index (Phi) is 15.2. The molecule has 1 unspecified atom stereocenters. The number of H-pyrrole nitrogens is 1. The molecule has 1 aliphatic rings. The van der Waals surface area contributed by atoms with E-state index in [9.17, 15) is 40.7 Å². The van der Waals surface area contributed by atoms with Crippen molar-refractivity contribution in [3.63, 3.8) is 0 Å². The number of allylic oxidation sites excluding steroid dienone is 1. The molecule has 16 nitrogen and oxygen atoms in total. The van der Waals surface area contributed by atoms with E-state index in [-0.39, 0.29) is 44.8 Å². The largest absolute Gasteiger partial charge is 0.449 e. The van der Waals surface area contributed by atoms with Gasteiger partial charge in [0.05, 0.1) is 60.4 Å². The Morgan fingerprint density at radius 3 is 1.66 bits per heavy atom. The van der Waals surface area contributed by atoms with Crippen LogP contribution in [0, 0.1) is 22.7 Å². The summed E-state index contributed by atoms with van der Waals surface area (Å²) in [6.45, 7) is -0.576. The third kappa shape index (κ3) is 12.2. The third-order valence-electron chi connectivity index (χ3n) is 9.88. The smallest absolute Gasteiger partial charge is 0.437 e. The van der Waals surface area contributed by atoms with Crippen molar-refractivity contribution in [1.29, 1.82) is 10.5 Å². The van der Waals surface area contributed by atoms with Crippen LogP contribution in [0.25, 0.3) is 11.3 Å². The van der Waals surface area contributed by atoms with E-state index < -0.39 is 64.7 Å². The van der Waals surface area contributed by atoms with Crippen LogP contribution in [0.1, 0.15) is 33.6 Å². The lowest BCUT2D eigenvalue weighted by atomic mass is 10.0. The van der Waals surface area contributed by atoms with E-state index in [1.54, 1.807) is 42.5 Å². The van der Waals surface area contributed by atoms with Gasteiger partial charge >= 0.3 is 12.4 Å². The van der Waals surface area contributed by atoms with Crippen molar-refractivity contribution in [1.82, 2.24) is 34.7 Å². The van der Waals surface area contributed by atoms with Gasteiger partial charge < -0.3 is 14.2 Å². The van der Waals surface area contributed by atoms with Gasteiger partial charge in [-0.2, -0.15) is 47.1 Å². The van der Waals surface area contributed by atoms with E-state index in [1.165, 1.54) is 37.4 Å². The lowest BCUT2D eigenvalue weighted by molar-refractivity contribution is -0.143. The molecule has 71 heavy (non-hydrogen) atoms. The highest BCUT2D eigenvalue weighted by Gasteiger charge is 2.40. The van der Waals surface area contributed by atoms with E-state index in [4.69, 9.17) is 47.9 Å². The summed E-state index contributed by atoms with van der Waals surface area (Å²) in [4.78, 5) is 45.3. The molecule has 360 valence electrons. The average molecular weight is 1020 g/mol. The topological polar surface area (TPSA) is 215 Å². The van der Waals surface area contributed by atoms with Gasteiger partial charge in [0.2, 0.25) is 11.5 Å². The highest BCUT2D eigenvalue weighted by molar-refractivity contribution is 6.31. The Labute approximate surface area is 405 Å². The SMILES string of the molecule is COC1NN=C(c2ccccc2)C=C1Cn1cnc(C(F)(F)F)c(Oc2cc(Cl)cc(C#N)c2)c1=O.N#Cc1cc(Cl)cc(Oc2c(C(F)(F)F)ncn(Cc3cc(-c4ccccc4)n[nH]c3=O)c2=O)c1. The fourth-order valence-corrected chi connectivity index (χ4v) is 7.10. The molecule has 1 aliphatic heterocycles. The molecule has 0 bridgehead atoms. The Morgan fingerprint density at radius 2 is 1.18 bits per heavy atom. The highest BCUT2D eigenvalue weighted by Crippen LogP contribution is 2.37. The number of hydrogen-bond donors (Lipinski definition) is 2. The Hall–Kier alpha value is -8.57. The predicted octanol–water partition coefficient (Wildman–Crippen LogP) is 8.86. The molecule has 0 radical (unpaired) electrons. The fourth-order valence-electron chi connectivity index (χ4n) is 6.65. The number of ether oxygens (including phenoxy) is 3. The molecule has 0 fully saturated rings. The first-order valence-electron chi connectivity index (χ1n) is 20.2. The van der Waals surface area contributed by atoms with Gasteiger partial charge in [-0.05, 0) is 48.5 Å². The second-order valence-corrected chi connectivity index (χ2v) is 15.7. The van der Waals surface area contributed by atoms with Crippen LogP contribution in [0.2, 0.25) is 10.0 Å². The maximum absolute atomic E-state index is 13.7. The summed E-state index contributed by atoms with van der Waals surface area (Å²) in [7, 11) is 1.42. The molecule has 1 atom stereocenters. The lowest BCUT2D eigenvalue weighted by Gasteiger charge is -2.24. The minimum absolute atomic E-state index is 0.0158. The molecular formula is C47H30Cl2F6N10O6. The maximum Gasteiger partial charge on any atom is 0.437 e. The first-order valence-corrected chi connectivity index (χ1v) is 21.0. The Bertz CT molecular complexity index is 3460. The van der Waals surface area contributed by atoms with Crippen LogP contribution < -0.4 is 31.6 Å². The molecule has 0 aliphatic carbocycles. The molecule has 0 spiro atoms. The van der Waals surface area contributed by atoms with E-state index in [0.717, 1.165) is 33.2 Å². The molecule has 0 amide bonds. The minimum Gasteiger partial charge on any atom is -0.449 e. The van der Waals surface area contributed by atoms with E-state index >= 15 is 0 Å². The van der Waals surface area contributed by atoms with Gasteiger partial charge in [-0.1, -0.05) is 83.9 Å². The molecule has 4 aromatic carbocycles. The number of alkyl halides is 6. The lowest BCUT2D eigenvalue weighted by Crippen LogP contribution is -2.37. The number of hydrogen-bond acceptors (Lipinski definition) is 13. The first-order chi connectivity index (χ1) is 33.8. The summed E-state index contributed by atoms with van der Waals surface area (Å²) in [5.41, 5.74) is -0.121. The van der Waals surface area contributed by atoms with Crippen molar-refractivity contribution in [2.45, 2.75) is 31.7 Å². The van der Waals surface area contributed by atoms with Crippen molar-refractivity contribution in [3.05, 3.63) is 202 Å². The van der Waals surface area contributed by atoms with Gasteiger partial charge in [0.15, 0.2) is 17.6 Å². The monoisotopic (exact) mass is 1010 g/mol. The van der Waals surface area contributed by atoms with E-state index in [0.29, 0.717) is 28.9 Å². The van der Waals surface area contributed by atoms with Gasteiger partial charge in [-0.15, -0.1) is 0 Å². The molecule has 8 rings (SSSR count). The fraction of sp³-hybridized carbons (Fsp3) is 0.128. The van der Waals surface area contributed by atoms with Gasteiger partial charge in [0.25, 0.3) is 16.7 Å². The Morgan fingerprint density at radius 1 is 0.690 bits per heavy atom. The third-order valence-corrected chi connectivity index (χ3v) is 10.3. The van der Waals surface area contributed by atoms with Crippen LogP contribution in [-0.4, -0.2) is 48.3 Å². The van der Waals surface area contributed by atoms with E-state index in [2.05, 4.69) is 30.7 Å². The summed E-state index contributed by atoms with van der Waals surface area (Å²) < 4.78 is 99.5. The molecular weight excluding hydrogens is 985 g/mol. The summed E-state index contributed by atoms with van der Waals surface area (Å²) >= 11 is 11.8. The first kappa shape index (κ1) is 50.3. The van der Waals surface area contributed by atoms with Gasteiger partial charge in [0.1, 0.15) is 11.5 Å². The van der Waals surface area contributed by atoms with Crippen LogP contribution in [0.5, 0.6) is 23.0 Å². The Balaban J connectivity index is 0.000000209. The number of nitrogens with zero attached hydrogens (tertiary/aromatic N) is 8. The van der Waals surface area contributed by atoms with E-state index in [1.807, 2.05) is 36.4 Å². The summed E-state index contributed by atoms with van der Waals surface area (Å²) in [5, 5.41) is 28.8. The van der Waals surface area contributed by atoms with Crippen LogP contribution in [0.3, 0.4) is 0 Å². The van der Waals surface area contributed by atoms with Gasteiger partial charge in [-0.25, -0.2) is 15.1 Å². The minimum atomic E-state index is -5.02. The highest BCUT2D eigenvalue weighted by atomic mass is 35.5. The van der Waals surface area contributed by atoms with Crippen molar-refractivity contribution >= 4 is 28.9 Å². The quantitative estimate of drug-likeness (QED) is 0.116. The number of hydrazone groups is 1. The number of nitriles is 2. The number of aromatic nitrogens is 6. The molecule has 4 heterocycles. The molecule has 24 heteroatoms. The second kappa shape index (κ2) is 21.4. The van der Waals surface area contributed by atoms with Crippen molar-refractivity contribution in [2.24, 2.45) is 5.10 Å². The summed E-state index contributed by atoms with van der Waals surface area (Å²) in [5.74, 6) is -2.65. The standard InChI is InChI=1S/C24H17ClF3N5O3.C23H13ClF3N5O3/c1-35-22-16(9-19(31-32-22)15-5-3-2-4-6-15)12-33-13-30-21(24(26,27)28)20(23(33)34)36-18-8-14(11-29)7-17(25)10-18;24-16-6-13(10-28)7-17(9-16)35-19-20(23(25,26)27)29-12-32(22(19)34)11-15-8-18(30-31-21(15)33)14-4-2-1-3-5-14/h2-10,13,22,32H,12H2,1H3;1-9,12H,11H2,(H,31,33). The predicted molar refractivity (Wildman–Crippen MR) is 244 cm³/mol. The molecule has 3 aromatic heterocycles. The zero-order valence-corrected chi connectivity index (χ0v) is 37.6. The number of aromatic amines is 1. The van der Waals surface area contributed by atoms with Gasteiger partial charge in [-0.3, -0.25) is 28.9 Å². The normalized spacial score (nSPS) is 13.3. The second-order valence-electron chi connectivity index (χ2n) is 14.8. The van der Waals surface area contributed by atoms with Crippen molar-refractivity contribution < 1.29 is 40.6 Å². The van der Waals surface area contributed by atoms with Crippen LogP contribution in [0.4, 0.5) is 26.3 Å². The molecule has 0 saturated carbocycles.